The molecule has 1 aromatic rings. The monoisotopic (exact) mass is 316 g/mol. The van der Waals surface area contributed by atoms with Gasteiger partial charge in [-0.05, 0) is 38.0 Å². The zero-order valence-electron chi connectivity index (χ0n) is 13.4. The van der Waals surface area contributed by atoms with E-state index in [9.17, 15) is 14.4 Å². The number of hydrogen-bond acceptors (Lipinski definition) is 4. The van der Waals surface area contributed by atoms with Gasteiger partial charge in [-0.15, -0.1) is 0 Å². The van der Waals surface area contributed by atoms with Crippen molar-refractivity contribution in [2.24, 2.45) is 0 Å². The number of carbonyl (C=O) groups excluding carboxylic acids is 3. The van der Waals surface area contributed by atoms with Gasteiger partial charge in [-0.3, -0.25) is 14.9 Å². The fourth-order valence-corrected chi connectivity index (χ4v) is 2.04. The maximum absolute atomic E-state index is 11.6. The Balaban J connectivity index is 1.93. The van der Waals surface area contributed by atoms with Crippen LogP contribution in [0.1, 0.15) is 38.3 Å². The van der Waals surface area contributed by atoms with Gasteiger partial charge in [0.15, 0.2) is 0 Å². The van der Waals surface area contributed by atoms with Crippen LogP contribution in [-0.4, -0.2) is 23.5 Å². The maximum Gasteiger partial charge on any atom is 0.407 e. The Morgan fingerprint density at radius 2 is 1.91 bits per heavy atom. The summed E-state index contributed by atoms with van der Waals surface area (Å²) in [5.41, 5.74) is 1.66. The van der Waals surface area contributed by atoms with Crippen molar-refractivity contribution in [2.45, 2.75) is 39.3 Å². The van der Waals surface area contributed by atoms with Crippen molar-refractivity contribution >= 4 is 24.0 Å². The van der Waals surface area contributed by atoms with Crippen LogP contribution in [0, 0.1) is 0 Å². The molecule has 0 aliphatic carbocycles. The fourth-order valence-electron chi connectivity index (χ4n) is 2.04. The number of hydrogen-bond donors (Lipinski definition) is 2. The highest BCUT2D eigenvalue weighted by molar-refractivity contribution is 6.15. The van der Waals surface area contributed by atoms with Gasteiger partial charge in [0.05, 0.1) is 6.42 Å². The molecule has 23 heavy (non-hydrogen) atoms. The second kappa shape index (κ2) is 6.64. The van der Waals surface area contributed by atoms with Crippen molar-refractivity contribution in [3.8, 4) is 0 Å². The summed E-state index contributed by atoms with van der Waals surface area (Å²) in [4.78, 5) is 34.2. The van der Waals surface area contributed by atoms with Crippen LogP contribution in [0.4, 0.5) is 4.79 Å². The highest BCUT2D eigenvalue weighted by atomic mass is 16.6. The van der Waals surface area contributed by atoms with E-state index in [0.717, 1.165) is 11.1 Å². The molecule has 3 amide bonds. The van der Waals surface area contributed by atoms with Crippen LogP contribution in [0.3, 0.4) is 0 Å². The smallest absolute Gasteiger partial charge is 0.407 e. The van der Waals surface area contributed by atoms with Crippen LogP contribution in [0.15, 0.2) is 29.8 Å². The summed E-state index contributed by atoms with van der Waals surface area (Å²) in [6.07, 6.45) is 1.33. The lowest BCUT2D eigenvalue weighted by molar-refractivity contribution is -0.124. The first kappa shape index (κ1) is 16.7. The summed E-state index contributed by atoms with van der Waals surface area (Å²) in [6, 6.07) is 7.35. The van der Waals surface area contributed by atoms with Gasteiger partial charge in [0.2, 0.25) is 5.91 Å². The van der Waals surface area contributed by atoms with E-state index >= 15 is 0 Å². The molecule has 6 heteroatoms. The molecule has 2 rings (SSSR count). The van der Waals surface area contributed by atoms with E-state index in [1.165, 1.54) is 0 Å². The Labute approximate surface area is 134 Å². The van der Waals surface area contributed by atoms with Crippen LogP contribution in [0.25, 0.3) is 6.08 Å². The molecule has 1 heterocycles. The third-order valence-corrected chi connectivity index (χ3v) is 3.05. The molecule has 0 saturated carbocycles. The summed E-state index contributed by atoms with van der Waals surface area (Å²) in [6.45, 7) is 5.76. The Kier molecular flexibility index (Phi) is 4.83. The normalized spacial score (nSPS) is 16.4. The maximum atomic E-state index is 11.6. The van der Waals surface area contributed by atoms with Crippen molar-refractivity contribution in [1.82, 2.24) is 10.6 Å². The Hall–Kier alpha value is -2.63. The number of imide groups is 1. The Bertz CT molecular complexity index is 654. The number of rotatable bonds is 3. The molecule has 1 saturated heterocycles. The zero-order chi connectivity index (χ0) is 17.0. The lowest BCUT2D eigenvalue weighted by atomic mass is 10.1. The average molecular weight is 316 g/mol. The van der Waals surface area contributed by atoms with E-state index in [0.29, 0.717) is 12.1 Å². The molecule has 1 fully saturated rings. The van der Waals surface area contributed by atoms with Crippen LogP contribution in [0.5, 0.6) is 0 Å². The summed E-state index contributed by atoms with van der Waals surface area (Å²) in [7, 11) is 0. The Morgan fingerprint density at radius 1 is 1.26 bits per heavy atom. The van der Waals surface area contributed by atoms with E-state index in [2.05, 4.69) is 10.6 Å². The summed E-state index contributed by atoms with van der Waals surface area (Å²) >= 11 is 0. The molecule has 0 aromatic heterocycles. The molecule has 6 nitrogen and oxygen atoms in total. The molecule has 0 radical (unpaired) electrons. The first-order valence-electron chi connectivity index (χ1n) is 7.33. The van der Waals surface area contributed by atoms with Crippen LogP contribution < -0.4 is 10.6 Å². The highest BCUT2D eigenvalue weighted by Crippen LogP contribution is 2.15. The van der Waals surface area contributed by atoms with E-state index in [1.807, 2.05) is 24.3 Å². The van der Waals surface area contributed by atoms with Gasteiger partial charge in [-0.25, -0.2) is 4.79 Å². The van der Waals surface area contributed by atoms with Crippen molar-refractivity contribution < 1.29 is 19.1 Å². The van der Waals surface area contributed by atoms with E-state index in [4.69, 9.17) is 4.74 Å². The molecule has 1 aliphatic heterocycles. The number of amides is 3. The van der Waals surface area contributed by atoms with Gasteiger partial charge in [0.1, 0.15) is 5.60 Å². The number of ether oxygens (including phenoxy) is 1. The van der Waals surface area contributed by atoms with Crippen molar-refractivity contribution in [1.29, 1.82) is 0 Å². The minimum absolute atomic E-state index is 0.112. The molecule has 1 aliphatic rings. The van der Waals surface area contributed by atoms with Crippen molar-refractivity contribution in [3.05, 3.63) is 41.0 Å². The quantitative estimate of drug-likeness (QED) is 0.661. The Morgan fingerprint density at radius 3 is 2.43 bits per heavy atom. The SMILES string of the molecule is CC(C)(C)OC(=O)NCc1ccc(/C=C2\CC(=O)NC2=O)cc1. The second-order valence-electron chi connectivity index (χ2n) is 6.32. The number of benzene rings is 1. The molecule has 0 unspecified atom stereocenters. The van der Waals surface area contributed by atoms with E-state index < -0.39 is 11.7 Å². The molecule has 122 valence electrons. The second-order valence-corrected chi connectivity index (χ2v) is 6.32. The first-order chi connectivity index (χ1) is 10.7. The van der Waals surface area contributed by atoms with Crippen LogP contribution >= 0.6 is 0 Å². The van der Waals surface area contributed by atoms with Gasteiger partial charge in [0.25, 0.3) is 5.91 Å². The van der Waals surface area contributed by atoms with Gasteiger partial charge >= 0.3 is 6.09 Å². The van der Waals surface area contributed by atoms with Crippen LogP contribution in [0.2, 0.25) is 0 Å². The summed E-state index contributed by atoms with van der Waals surface area (Å²) < 4.78 is 5.16. The van der Waals surface area contributed by atoms with E-state index in [1.54, 1.807) is 26.8 Å². The molecular formula is C17H20N2O4. The molecule has 2 N–H and O–H groups in total. The predicted molar refractivity (Wildman–Crippen MR) is 85.3 cm³/mol. The zero-order valence-corrected chi connectivity index (χ0v) is 13.4. The number of nitrogens with one attached hydrogen (secondary N) is 2. The third kappa shape index (κ3) is 5.25. The van der Waals surface area contributed by atoms with Gasteiger partial charge < -0.3 is 10.1 Å². The fraction of sp³-hybridized carbons (Fsp3) is 0.353. The van der Waals surface area contributed by atoms with E-state index in [-0.39, 0.29) is 18.2 Å². The summed E-state index contributed by atoms with van der Waals surface area (Å²) in [5, 5.41) is 4.92. The van der Waals surface area contributed by atoms with Gasteiger partial charge in [0, 0.05) is 12.1 Å². The molecule has 0 spiro atoms. The molecule has 0 bridgehead atoms. The largest absolute Gasteiger partial charge is 0.444 e. The lowest BCUT2D eigenvalue weighted by Gasteiger charge is -2.19. The van der Waals surface area contributed by atoms with Crippen molar-refractivity contribution in [2.75, 3.05) is 0 Å². The molecular weight excluding hydrogens is 296 g/mol. The first-order valence-corrected chi connectivity index (χ1v) is 7.33. The highest BCUT2D eigenvalue weighted by Gasteiger charge is 2.23. The molecule has 0 atom stereocenters. The minimum atomic E-state index is -0.528. The standard InChI is InChI=1S/C17H20N2O4/c1-17(2,3)23-16(22)18-10-12-6-4-11(5-7-12)8-13-9-14(20)19-15(13)21/h4-8H,9-10H2,1-3H3,(H,18,22)(H,19,20,21)/b13-8+. The van der Waals surface area contributed by atoms with Gasteiger partial charge in [-0.2, -0.15) is 0 Å². The average Bonchev–Trinajstić information content (AvgIpc) is 2.74. The molecule has 1 aromatic carbocycles. The van der Waals surface area contributed by atoms with Crippen molar-refractivity contribution in [3.63, 3.8) is 0 Å². The third-order valence-electron chi connectivity index (χ3n) is 3.05. The van der Waals surface area contributed by atoms with Gasteiger partial charge in [-0.1, -0.05) is 24.3 Å². The van der Waals surface area contributed by atoms with Crippen LogP contribution in [-0.2, 0) is 20.9 Å². The number of carbonyl (C=O) groups is 3. The predicted octanol–water partition coefficient (Wildman–Crippen LogP) is 2.14. The topological polar surface area (TPSA) is 84.5 Å². The number of alkyl carbamates (subject to hydrolysis) is 1. The lowest BCUT2D eigenvalue weighted by Crippen LogP contribution is -2.32. The minimum Gasteiger partial charge on any atom is -0.444 e. The summed E-state index contributed by atoms with van der Waals surface area (Å²) in [5.74, 6) is -0.620.